The van der Waals surface area contributed by atoms with Gasteiger partial charge in [0.25, 0.3) is 5.69 Å². The molecule has 0 fully saturated rings. The number of benzene rings is 2. The van der Waals surface area contributed by atoms with E-state index in [4.69, 9.17) is 0 Å². The van der Waals surface area contributed by atoms with E-state index in [0.717, 1.165) is 41.4 Å². The molecule has 1 aliphatic carbocycles. The summed E-state index contributed by atoms with van der Waals surface area (Å²) in [5, 5.41) is 21.7. The van der Waals surface area contributed by atoms with Crippen molar-refractivity contribution in [2.24, 2.45) is 0 Å². The lowest BCUT2D eigenvalue weighted by Gasteiger charge is -2.43. The molecule has 4 rings (SSSR count). The lowest BCUT2D eigenvalue weighted by molar-refractivity contribution is -0.384. The first-order valence-corrected chi connectivity index (χ1v) is 10.3. The fraction of sp³-hybridized carbons (Fsp3) is 0.333. The van der Waals surface area contributed by atoms with Crippen LogP contribution in [-0.2, 0) is 12.0 Å². The number of nitrogens with one attached hydrogen (secondary N) is 1. The second-order valence-corrected chi connectivity index (χ2v) is 8.16. The topological polar surface area (TPSA) is 82.4 Å². The second kappa shape index (κ2) is 8.05. The zero-order chi connectivity index (χ0) is 21.3. The van der Waals surface area contributed by atoms with Gasteiger partial charge in [-0.25, -0.2) is 0 Å². The third kappa shape index (κ3) is 3.42. The van der Waals surface area contributed by atoms with Gasteiger partial charge in [0.1, 0.15) is 0 Å². The molecule has 0 saturated carbocycles. The Labute approximate surface area is 176 Å². The van der Waals surface area contributed by atoms with E-state index in [1.54, 1.807) is 12.1 Å². The first kappa shape index (κ1) is 20.3. The number of hydrogen-bond acceptors (Lipinski definition) is 4. The molecular weight excluding hydrogens is 378 g/mol. The van der Waals surface area contributed by atoms with Crippen molar-refractivity contribution in [3.8, 4) is 0 Å². The van der Waals surface area contributed by atoms with Crippen molar-refractivity contribution in [2.45, 2.75) is 31.2 Å². The highest BCUT2D eigenvalue weighted by molar-refractivity contribution is 5.91. The van der Waals surface area contributed by atoms with Gasteiger partial charge in [-0.15, -0.1) is 0 Å². The summed E-state index contributed by atoms with van der Waals surface area (Å²) in [5.74, 6) is 0. The summed E-state index contributed by atoms with van der Waals surface area (Å²) in [5.41, 5.74) is 5.37. The van der Waals surface area contributed by atoms with Crippen molar-refractivity contribution < 1.29 is 10.0 Å². The summed E-state index contributed by atoms with van der Waals surface area (Å²) in [6.07, 6.45) is 5.50. The third-order valence-corrected chi connectivity index (χ3v) is 6.44. The molecule has 1 aliphatic rings. The van der Waals surface area contributed by atoms with E-state index in [9.17, 15) is 15.2 Å². The lowest BCUT2D eigenvalue weighted by atomic mass is 9.75. The molecule has 1 heterocycles. The molecule has 6 heteroatoms. The van der Waals surface area contributed by atoms with E-state index in [0.29, 0.717) is 6.42 Å². The van der Waals surface area contributed by atoms with Gasteiger partial charge in [0.2, 0.25) is 0 Å². The van der Waals surface area contributed by atoms with Crippen molar-refractivity contribution in [3.63, 3.8) is 0 Å². The highest BCUT2D eigenvalue weighted by atomic mass is 16.6. The number of hydrogen-bond donors (Lipinski definition) is 2. The number of aromatic amines is 1. The molecule has 30 heavy (non-hydrogen) atoms. The molecule has 1 unspecified atom stereocenters. The normalized spacial score (nSPS) is 19.3. The van der Waals surface area contributed by atoms with Gasteiger partial charge in [0.15, 0.2) is 0 Å². The van der Waals surface area contributed by atoms with Crippen molar-refractivity contribution in [2.75, 3.05) is 20.7 Å². The minimum Gasteiger partial charge on any atom is -0.396 e. The number of non-ortho nitro benzene ring substituents is 1. The number of aliphatic hydroxyl groups excluding tert-OH is 1. The Bertz CT molecular complexity index is 1100. The Balaban J connectivity index is 1.76. The van der Waals surface area contributed by atoms with Gasteiger partial charge in [0, 0.05) is 40.9 Å². The Kier molecular flexibility index (Phi) is 5.45. The molecule has 0 spiro atoms. The standard InChI is InChI=1S/C24H27N3O3/c1-26(2)24(18-6-4-3-5-7-18)13-10-17(11-14-24)23-20(12-15-28)21-16-19(27(29)30)8-9-22(21)25-23/h3-10,16,25,28H,11-15H2,1-2H3. The SMILES string of the molecule is CN(C)C1(c2ccccc2)CC=C(c2[nH]c3ccc([N+](=O)[O-])cc3c2CCO)CC1. The summed E-state index contributed by atoms with van der Waals surface area (Å²) in [4.78, 5) is 16.6. The highest BCUT2D eigenvalue weighted by Crippen LogP contribution is 2.44. The van der Waals surface area contributed by atoms with Crippen LogP contribution in [-0.4, -0.2) is 40.6 Å². The Morgan fingerprint density at radius 2 is 1.97 bits per heavy atom. The maximum absolute atomic E-state index is 11.2. The van der Waals surface area contributed by atoms with Crippen LogP contribution in [0.2, 0.25) is 0 Å². The molecule has 6 nitrogen and oxygen atoms in total. The fourth-order valence-electron chi connectivity index (χ4n) is 4.73. The van der Waals surface area contributed by atoms with Crippen LogP contribution in [0.15, 0.2) is 54.6 Å². The first-order valence-electron chi connectivity index (χ1n) is 10.3. The molecule has 1 aromatic heterocycles. The molecule has 2 aromatic carbocycles. The van der Waals surface area contributed by atoms with Crippen molar-refractivity contribution >= 4 is 22.2 Å². The van der Waals surface area contributed by atoms with Crippen LogP contribution in [0.25, 0.3) is 16.5 Å². The van der Waals surface area contributed by atoms with Gasteiger partial charge < -0.3 is 10.1 Å². The van der Waals surface area contributed by atoms with Gasteiger partial charge in [0.05, 0.1) is 4.92 Å². The van der Waals surface area contributed by atoms with Crippen LogP contribution < -0.4 is 0 Å². The highest BCUT2D eigenvalue weighted by Gasteiger charge is 2.36. The number of nitro groups is 1. The Hall–Kier alpha value is -2.96. The number of aromatic nitrogens is 1. The molecule has 156 valence electrons. The van der Waals surface area contributed by atoms with Crippen molar-refractivity contribution in [3.05, 3.63) is 81.5 Å². The van der Waals surface area contributed by atoms with Crippen LogP contribution in [0.5, 0.6) is 0 Å². The smallest absolute Gasteiger partial charge is 0.270 e. The summed E-state index contributed by atoms with van der Waals surface area (Å²) >= 11 is 0. The quantitative estimate of drug-likeness (QED) is 0.462. The largest absolute Gasteiger partial charge is 0.396 e. The van der Waals surface area contributed by atoms with E-state index in [-0.39, 0.29) is 22.8 Å². The maximum Gasteiger partial charge on any atom is 0.270 e. The zero-order valence-corrected chi connectivity index (χ0v) is 17.4. The fourth-order valence-corrected chi connectivity index (χ4v) is 4.73. The molecule has 0 saturated heterocycles. The maximum atomic E-state index is 11.2. The van der Waals surface area contributed by atoms with Crippen LogP contribution in [0, 0.1) is 10.1 Å². The average Bonchev–Trinajstić information content (AvgIpc) is 3.12. The van der Waals surface area contributed by atoms with Crippen LogP contribution >= 0.6 is 0 Å². The van der Waals surface area contributed by atoms with E-state index in [1.807, 2.05) is 6.07 Å². The third-order valence-electron chi connectivity index (χ3n) is 6.44. The predicted octanol–water partition coefficient (Wildman–Crippen LogP) is 4.64. The summed E-state index contributed by atoms with van der Waals surface area (Å²) in [6, 6.07) is 15.5. The van der Waals surface area contributed by atoms with Gasteiger partial charge >= 0.3 is 0 Å². The molecular formula is C24H27N3O3. The molecule has 1 atom stereocenters. The van der Waals surface area contributed by atoms with E-state index in [2.05, 4.69) is 54.3 Å². The number of nitro benzene ring substituents is 1. The predicted molar refractivity (Wildman–Crippen MR) is 119 cm³/mol. The minimum absolute atomic E-state index is 0.00156. The summed E-state index contributed by atoms with van der Waals surface area (Å²) < 4.78 is 0. The van der Waals surface area contributed by atoms with Crippen LogP contribution in [0.1, 0.15) is 36.1 Å². The lowest BCUT2D eigenvalue weighted by Crippen LogP contribution is -2.42. The van der Waals surface area contributed by atoms with Gasteiger partial charge in [-0.2, -0.15) is 0 Å². The average molecular weight is 405 g/mol. The van der Waals surface area contributed by atoms with Gasteiger partial charge in [-0.3, -0.25) is 15.0 Å². The number of allylic oxidation sites excluding steroid dienone is 1. The van der Waals surface area contributed by atoms with Crippen molar-refractivity contribution in [1.82, 2.24) is 9.88 Å². The number of H-pyrrole nitrogens is 1. The number of rotatable bonds is 6. The van der Waals surface area contributed by atoms with E-state index >= 15 is 0 Å². The molecule has 0 aliphatic heterocycles. The van der Waals surface area contributed by atoms with E-state index < -0.39 is 0 Å². The summed E-state index contributed by atoms with van der Waals surface area (Å²) in [7, 11) is 4.26. The second-order valence-electron chi connectivity index (χ2n) is 8.16. The zero-order valence-electron chi connectivity index (χ0n) is 17.4. The van der Waals surface area contributed by atoms with Crippen LogP contribution in [0.3, 0.4) is 0 Å². The van der Waals surface area contributed by atoms with Crippen LogP contribution in [0.4, 0.5) is 5.69 Å². The van der Waals surface area contributed by atoms with Gasteiger partial charge in [-0.1, -0.05) is 36.4 Å². The minimum atomic E-state index is -0.375. The number of nitrogens with zero attached hydrogens (tertiary/aromatic N) is 2. The van der Waals surface area contributed by atoms with Gasteiger partial charge in [-0.05, 0) is 62.5 Å². The molecule has 2 N–H and O–H groups in total. The molecule has 0 amide bonds. The monoisotopic (exact) mass is 405 g/mol. The Morgan fingerprint density at radius 1 is 1.20 bits per heavy atom. The molecule has 0 bridgehead atoms. The first-order chi connectivity index (χ1) is 14.5. The number of aliphatic hydroxyl groups is 1. The molecule has 3 aromatic rings. The Morgan fingerprint density at radius 3 is 2.57 bits per heavy atom. The number of fused-ring (bicyclic) bond motifs is 1. The summed E-state index contributed by atoms with van der Waals surface area (Å²) in [6.45, 7) is 0.00156. The molecule has 0 radical (unpaired) electrons. The van der Waals surface area contributed by atoms with E-state index in [1.165, 1.54) is 17.2 Å². The van der Waals surface area contributed by atoms with Crippen molar-refractivity contribution in [1.29, 1.82) is 0 Å².